The number of nitrogens with zero attached hydrogens (tertiary/aromatic N) is 3. The molecule has 4 rings (SSSR count). The smallest absolute Gasteiger partial charge is 0.229 e. The SMILES string of the molecule is Cc1ccccc1-n1nccc1NC(=O)[C@@H]1C[C@@H]1c1cccnc1. The number of pyridine rings is 1. The first-order valence-electron chi connectivity index (χ1n) is 8.05. The molecule has 0 radical (unpaired) electrons. The predicted octanol–water partition coefficient (Wildman–Crippen LogP) is 3.32. The molecule has 0 aliphatic heterocycles. The highest BCUT2D eigenvalue weighted by Gasteiger charge is 2.44. The lowest BCUT2D eigenvalue weighted by Gasteiger charge is -2.11. The Bertz CT molecular complexity index is 872. The number of aromatic nitrogens is 3. The number of anilines is 1. The zero-order chi connectivity index (χ0) is 16.5. The summed E-state index contributed by atoms with van der Waals surface area (Å²) in [4.78, 5) is 16.7. The van der Waals surface area contributed by atoms with Gasteiger partial charge in [0.25, 0.3) is 0 Å². The van der Waals surface area contributed by atoms with Crippen LogP contribution in [0, 0.1) is 12.8 Å². The Morgan fingerprint density at radius 3 is 2.83 bits per heavy atom. The molecule has 0 spiro atoms. The molecular weight excluding hydrogens is 300 g/mol. The molecule has 1 fully saturated rings. The minimum atomic E-state index is 0.00872. The molecule has 1 N–H and O–H groups in total. The second-order valence-corrected chi connectivity index (χ2v) is 6.14. The molecule has 120 valence electrons. The summed E-state index contributed by atoms with van der Waals surface area (Å²) in [7, 11) is 0. The van der Waals surface area contributed by atoms with Crippen LogP contribution in [0.5, 0.6) is 0 Å². The summed E-state index contributed by atoms with van der Waals surface area (Å²) in [5.74, 6) is 1.02. The van der Waals surface area contributed by atoms with E-state index in [1.54, 1.807) is 17.1 Å². The molecule has 3 aromatic rings. The number of rotatable bonds is 4. The number of para-hydroxylation sites is 1. The first-order valence-corrected chi connectivity index (χ1v) is 8.05. The van der Waals surface area contributed by atoms with E-state index in [-0.39, 0.29) is 17.7 Å². The van der Waals surface area contributed by atoms with Crippen molar-refractivity contribution in [2.75, 3.05) is 5.32 Å². The zero-order valence-electron chi connectivity index (χ0n) is 13.4. The normalized spacial score (nSPS) is 19.0. The summed E-state index contributed by atoms with van der Waals surface area (Å²) in [6.45, 7) is 2.03. The molecule has 5 heteroatoms. The van der Waals surface area contributed by atoms with Crippen molar-refractivity contribution in [1.29, 1.82) is 0 Å². The Kier molecular flexibility index (Phi) is 3.61. The summed E-state index contributed by atoms with van der Waals surface area (Å²) in [6.07, 6.45) is 6.17. The van der Waals surface area contributed by atoms with Crippen molar-refractivity contribution in [2.24, 2.45) is 5.92 Å². The standard InChI is InChI=1S/C19H18N4O/c1-13-5-2-3-7-17(13)23-18(8-10-21-23)22-19(24)16-11-15(16)14-6-4-9-20-12-14/h2-10,12,15-16H,11H2,1H3,(H,22,24)/t15-,16-/m1/s1. The Morgan fingerprint density at radius 2 is 2.04 bits per heavy atom. The maximum Gasteiger partial charge on any atom is 0.229 e. The number of amides is 1. The molecule has 0 bridgehead atoms. The Labute approximate surface area is 140 Å². The highest BCUT2D eigenvalue weighted by molar-refractivity contribution is 5.94. The maximum absolute atomic E-state index is 12.6. The third-order valence-corrected chi connectivity index (χ3v) is 4.48. The number of benzene rings is 1. The molecule has 1 saturated carbocycles. The van der Waals surface area contributed by atoms with Crippen LogP contribution in [-0.2, 0) is 4.79 Å². The van der Waals surface area contributed by atoms with Gasteiger partial charge in [0.15, 0.2) is 0 Å². The van der Waals surface area contributed by atoms with E-state index in [0.717, 1.165) is 23.2 Å². The van der Waals surface area contributed by atoms with Crippen LogP contribution in [0.15, 0.2) is 61.1 Å². The van der Waals surface area contributed by atoms with E-state index in [4.69, 9.17) is 0 Å². The van der Waals surface area contributed by atoms with Crippen molar-refractivity contribution in [3.8, 4) is 5.69 Å². The quantitative estimate of drug-likeness (QED) is 0.803. The lowest BCUT2D eigenvalue weighted by atomic mass is 10.1. The van der Waals surface area contributed by atoms with Crippen LogP contribution < -0.4 is 5.32 Å². The van der Waals surface area contributed by atoms with Crippen LogP contribution in [0.25, 0.3) is 5.69 Å². The van der Waals surface area contributed by atoms with Crippen LogP contribution in [-0.4, -0.2) is 20.7 Å². The maximum atomic E-state index is 12.6. The van der Waals surface area contributed by atoms with E-state index in [9.17, 15) is 4.79 Å². The van der Waals surface area contributed by atoms with Gasteiger partial charge in [0.1, 0.15) is 5.82 Å². The van der Waals surface area contributed by atoms with Gasteiger partial charge < -0.3 is 5.32 Å². The molecule has 2 atom stereocenters. The van der Waals surface area contributed by atoms with Crippen molar-refractivity contribution in [3.05, 3.63) is 72.2 Å². The molecule has 1 aliphatic carbocycles. The minimum absolute atomic E-state index is 0.00872. The fourth-order valence-electron chi connectivity index (χ4n) is 3.06. The number of hydrogen-bond acceptors (Lipinski definition) is 3. The van der Waals surface area contributed by atoms with Crippen LogP contribution >= 0.6 is 0 Å². The molecule has 1 amide bonds. The van der Waals surface area contributed by atoms with Gasteiger partial charge in [-0.25, -0.2) is 4.68 Å². The monoisotopic (exact) mass is 318 g/mol. The van der Waals surface area contributed by atoms with Crippen molar-refractivity contribution in [3.63, 3.8) is 0 Å². The third kappa shape index (κ3) is 2.69. The van der Waals surface area contributed by atoms with Gasteiger partial charge >= 0.3 is 0 Å². The lowest BCUT2D eigenvalue weighted by Crippen LogP contribution is -2.17. The van der Waals surface area contributed by atoms with Gasteiger partial charge in [-0.3, -0.25) is 9.78 Å². The molecule has 5 nitrogen and oxygen atoms in total. The van der Waals surface area contributed by atoms with Gasteiger partial charge in [-0.2, -0.15) is 5.10 Å². The van der Waals surface area contributed by atoms with Crippen LogP contribution in [0.3, 0.4) is 0 Å². The van der Waals surface area contributed by atoms with E-state index in [2.05, 4.69) is 15.4 Å². The molecular formula is C19H18N4O. The topological polar surface area (TPSA) is 59.8 Å². The van der Waals surface area contributed by atoms with Gasteiger partial charge in [0, 0.05) is 24.4 Å². The number of carbonyl (C=O) groups is 1. The number of carbonyl (C=O) groups excluding carboxylic acids is 1. The molecule has 2 aromatic heterocycles. The average Bonchev–Trinajstić information content (AvgIpc) is 3.30. The van der Waals surface area contributed by atoms with Crippen LogP contribution in [0.1, 0.15) is 23.5 Å². The van der Waals surface area contributed by atoms with Crippen molar-refractivity contribution in [1.82, 2.24) is 14.8 Å². The molecule has 0 unspecified atom stereocenters. The molecule has 1 aliphatic rings. The molecule has 24 heavy (non-hydrogen) atoms. The van der Waals surface area contributed by atoms with Crippen molar-refractivity contribution >= 4 is 11.7 Å². The summed E-state index contributed by atoms with van der Waals surface area (Å²) in [6, 6.07) is 13.7. The Balaban J connectivity index is 1.51. The van der Waals surface area contributed by atoms with Gasteiger partial charge in [-0.05, 0) is 42.5 Å². The second-order valence-electron chi connectivity index (χ2n) is 6.14. The van der Waals surface area contributed by atoms with E-state index in [0.29, 0.717) is 5.82 Å². The van der Waals surface area contributed by atoms with Crippen molar-refractivity contribution in [2.45, 2.75) is 19.3 Å². The first kappa shape index (κ1) is 14.6. The van der Waals surface area contributed by atoms with E-state index in [1.807, 2.05) is 55.6 Å². The minimum Gasteiger partial charge on any atom is -0.310 e. The molecule has 2 heterocycles. The second kappa shape index (κ2) is 5.92. The van der Waals surface area contributed by atoms with Gasteiger partial charge in [-0.1, -0.05) is 24.3 Å². The molecule has 1 aromatic carbocycles. The largest absolute Gasteiger partial charge is 0.310 e. The summed E-state index contributed by atoms with van der Waals surface area (Å²) >= 11 is 0. The van der Waals surface area contributed by atoms with E-state index < -0.39 is 0 Å². The van der Waals surface area contributed by atoms with Crippen molar-refractivity contribution < 1.29 is 4.79 Å². The van der Waals surface area contributed by atoms with Gasteiger partial charge in [0.05, 0.1) is 11.9 Å². The summed E-state index contributed by atoms with van der Waals surface area (Å²) in [5.41, 5.74) is 3.21. The lowest BCUT2D eigenvalue weighted by molar-refractivity contribution is -0.117. The third-order valence-electron chi connectivity index (χ3n) is 4.48. The fraction of sp³-hybridized carbons (Fsp3) is 0.211. The van der Waals surface area contributed by atoms with Crippen LogP contribution in [0.2, 0.25) is 0 Å². The van der Waals surface area contributed by atoms with Crippen LogP contribution in [0.4, 0.5) is 5.82 Å². The molecule has 0 saturated heterocycles. The number of hydrogen-bond donors (Lipinski definition) is 1. The van der Waals surface area contributed by atoms with E-state index >= 15 is 0 Å². The Hall–Kier alpha value is -2.95. The number of aryl methyl sites for hydroxylation is 1. The highest BCUT2D eigenvalue weighted by atomic mass is 16.2. The summed E-state index contributed by atoms with van der Waals surface area (Å²) < 4.78 is 1.77. The Morgan fingerprint density at radius 1 is 1.17 bits per heavy atom. The average molecular weight is 318 g/mol. The summed E-state index contributed by atoms with van der Waals surface area (Å²) in [5, 5.41) is 7.37. The fourth-order valence-corrected chi connectivity index (χ4v) is 3.06. The first-order chi connectivity index (χ1) is 11.7. The van der Waals surface area contributed by atoms with Gasteiger partial charge in [-0.15, -0.1) is 0 Å². The highest BCUT2D eigenvalue weighted by Crippen LogP contribution is 2.47. The predicted molar refractivity (Wildman–Crippen MR) is 92.0 cm³/mol. The number of nitrogens with one attached hydrogen (secondary N) is 1. The zero-order valence-corrected chi connectivity index (χ0v) is 13.4. The van der Waals surface area contributed by atoms with Gasteiger partial charge in [0.2, 0.25) is 5.91 Å². The van der Waals surface area contributed by atoms with E-state index in [1.165, 1.54) is 0 Å².